The molecule has 2 aliphatic carbocycles. The number of Topliss-reactive ketones (excluding diaryl/α,β-unsaturated/α-hetero) is 2. The van der Waals surface area contributed by atoms with Crippen molar-refractivity contribution in [1.82, 2.24) is 20.1 Å². The van der Waals surface area contributed by atoms with Crippen LogP contribution >= 0.6 is 0 Å². The molecule has 77 heavy (non-hydrogen) atoms. The van der Waals surface area contributed by atoms with Crippen molar-refractivity contribution in [3.8, 4) is 0 Å². The van der Waals surface area contributed by atoms with Gasteiger partial charge in [-0.2, -0.15) is 0 Å². The number of ketones is 2. The summed E-state index contributed by atoms with van der Waals surface area (Å²) in [5.41, 5.74) is 0. The SMILES string of the molecule is CC[C@H](NC(=O)[C@@H](CS(=O)(=O)c1ccc2ccccc2c1)NS(C)(=O)=O)[C@H](O)CC1CCC(C)CC1C(C)=O.CC[C@H](NC(=O)[C@@H](CS(=O)c1ccc2ccccc2c1)NS(C)(=O)=O)[C@H](O)CC1CCC(C)CC1C(C)=O. The zero-order valence-corrected chi connectivity index (χ0v) is 48.8. The number of sulfonamides is 2. The van der Waals surface area contributed by atoms with Crippen molar-refractivity contribution in [2.24, 2.45) is 35.5 Å². The summed E-state index contributed by atoms with van der Waals surface area (Å²) in [6.07, 6.45) is 6.54. The van der Waals surface area contributed by atoms with Gasteiger partial charge in [0.1, 0.15) is 23.7 Å². The summed E-state index contributed by atoms with van der Waals surface area (Å²) in [7, 11) is -13.4. The minimum atomic E-state index is -4.06. The van der Waals surface area contributed by atoms with Crippen molar-refractivity contribution in [3.05, 3.63) is 84.9 Å². The molecule has 0 saturated heterocycles. The molecule has 6 N–H and O–H groups in total. The highest BCUT2D eigenvalue weighted by atomic mass is 32.2. The highest BCUT2D eigenvalue weighted by Gasteiger charge is 2.38. The first-order chi connectivity index (χ1) is 36.1. The molecule has 0 spiro atoms. The minimum absolute atomic E-state index is 0.0159. The van der Waals surface area contributed by atoms with Crippen molar-refractivity contribution < 1.29 is 58.9 Å². The lowest BCUT2D eigenvalue weighted by atomic mass is 9.70. The van der Waals surface area contributed by atoms with Crippen LogP contribution in [0, 0.1) is 35.5 Å². The standard InChI is InChI=1S/C28H40N2O7S2.C28H40N2O6S2/c1-5-25(27(32)16-22-11-10-18(2)14-24(22)19(3)31)29-28(33)26(30-38(4,34)35)17-39(36,37)23-13-12-20-8-6-7-9-21(20)15-23;1-5-25(27(32)16-22-11-10-18(2)14-24(22)19(3)31)29-28(33)26(30-38(4,35)36)17-37(34)23-13-12-20-8-6-7-9-21(20)15-23/h6-9,12-13,15,18,22,24-27,30,32H,5,10-11,14,16-17H2,1-4H3,(H,29,33);6-9,12-13,15,18,22,24-27,30,32H,5,10-11,14,16-17H2,1-4H3,(H,29,33)/t18?,22?,24?,25-,26+,27+;18?,22?,24?,25-,26+,27+,37?/m00/s1. The summed E-state index contributed by atoms with van der Waals surface area (Å²) < 4.78 is 92.4. The fourth-order valence-electron chi connectivity index (χ4n) is 11.0. The van der Waals surface area contributed by atoms with Crippen LogP contribution in [0.5, 0.6) is 0 Å². The van der Waals surface area contributed by atoms with Gasteiger partial charge in [-0.05, 0) is 135 Å². The molecule has 4 aromatic carbocycles. The normalized spacial score (nSPS) is 23.0. The molecule has 4 aromatic rings. The number of carbonyl (C=O) groups excluding carboxylic acids is 4. The Morgan fingerprint density at radius 2 is 1.01 bits per heavy atom. The van der Waals surface area contributed by atoms with Gasteiger partial charge < -0.3 is 20.8 Å². The van der Waals surface area contributed by atoms with Crippen LogP contribution in [-0.4, -0.2) is 123 Å². The number of aliphatic hydroxyl groups excluding tert-OH is 2. The summed E-state index contributed by atoms with van der Waals surface area (Å²) in [4.78, 5) is 51.4. The molecule has 0 aromatic heterocycles. The predicted molar refractivity (Wildman–Crippen MR) is 302 cm³/mol. The Hall–Kier alpha value is -4.48. The summed E-state index contributed by atoms with van der Waals surface area (Å²) in [5.74, 6) is -1.65. The molecule has 7 unspecified atom stereocenters. The fraction of sp³-hybridized carbons (Fsp3) is 0.571. The maximum atomic E-state index is 13.3. The van der Waals surface area contributed by atoms with Crippen LogP contribution in [0.3, 0.4) is 0 Å². The van der Waals surface area contributed by atoms with E-state index in [-0.39, 0.29) is 45.9 Å². The molecule has 2 saturated carbocycles. The molecule has 2 amide bonds. The molecule has 0 bridgehead atoms. The molecule has 17 nitrogen and oxygen atoms in total. The lowest BCUT2D eigenvalue weighted by Crippen LogP contribution is -2.54. The molecule has 0 heterocycles. The number of hydrogen-bond acceptors (Lipinski definition) is 13. The molecule has 2 fully saturated rings. The molecule has 13 atom stereocenters. The Morgan fingerprint density at radius 1 is 0.597 bits per heavy atom. The number of amides is 2. The third kappa shape index (κ3) is 19.1. The number of nitrogens with one attached hydrogen (secondary N) is 4. The third-order valence-electron chi connectivity index (χ3n) is 15.2. The highest BCUT2D eigenvalue weighted by molar-refractivity contribution is 7.91. The largest absolute Gasteiger partial charge is 0.391 e. The molecule has 2 aliphatic rings. The Morgan fingerprint density at radius 3 is 1.45 bits per heavy atom. The van der Waals surface area contributed by atoms with E-state index in [1.165, 1.54) is 12.1 Å². The zero-order valence-electron chi connectivity index (χ0n) is 45.5. The van der Waals surface area contributed by atoms with Gasteiger partial charge in [0.25, 0.3) is 0 Å². The summed E-state index contributed by atoms with van der Waals surface area (Å²) in [6.45, 7) is 11.0. The average Bonchev–Trinajstić information content (AvgIpc) is 3.36. The van der Waals surface area contributed by atoms with E-state index in [4.69, 9.17) is 0 Å². The molecule has 0 radical (unpaired) electrons. The summed E-state index contributed by atoms with van der Waals surface area (Å²) >= 11 is 0. The minimum Gasteiger partial charge on any atom is -0.391 e. The maximum absolute atomic E-state index is 13.3. The van der Waals surface area contributed by atoms with Gasteiger partial charge in [-0.25, -0.2) is 34.7 Å². The third-order valence-corrected chi connectivity index (χ3v) is 19.8. The van der Waals surface area contributed by atoms with E-state index >= 15 is 0 Å². The van der Waals surface area contributed by atoms with Crippen LogP contribution in [0.2, 0.25) is 0 Å². The van der Waals surface area contributed by atoms with Crippen LogP contribution < -0.4 is 20.1 Å². The number of carbonyl (C=O) groups is 4. The van der Waals surface area contributed by atoms with Crippen molar-refractivity contribution in [2.45, 2.75) is 152 Å². The number of benzene rings is 4. The maximum Gasteiger partial charge on any atom is 0.239 e. The second-order valence-electron chi connectivity index (χ2n) is 21.6. The summed E-state index contributed by atoms with van der Waals surface area (Å²) in [6, 6.07) is 20.5. The lowest BCUT2D eigenvalue weighted by Gasteiger charge is -2.36. The van der Waals surface area contributed by atoms with E-state index in [0.717, 1.165) is 67.2 Å². The zero-order chi connectivity index (χ0) is 57.0. The van der Waals surface area contributed by atoms with Gasteiger partial charge in [0.15, 0.2) is 9.84 Å². The van der Waals surface area contributed by atoms with Gasteiger partial charge in [0.05, 0.1) is 64.0 Å². The number of hydrogen-bond donors (Lipinski definition) is 6. The first-order valence-corrected chi connectivity index (χ1v) is 33.3. The highest BCUT2D eigenvalue weighted by Crippen LogP contribution is 2.39. The second-order valence-corrected chi connectivity index (χ2v) is 28.7. The Kier molecular flexibility index (Phi) is 23.1. The number of fused-ring (bicyclic) bond motifs is 2. The van der Waals surface area contributed by atoms with E-state index < -0.39 is 94.6 Å². The van der Waals surface area contributed by atoms with Crippen molar-refractivity contribution >= 4 is 85.6 Å². The molecule has 426 valence electrons. The monoisotopic (exact) mass is 1140 g/mol. The van der Waals surface area contributed by atoms with Gasteiger partial charge in [0.2, 0.25) is 31.9 Å². The number of sulfone groups is 1. The molecular formula is C56H80N4O13S4. The van der Waals surface area contributed by atoms with Crippen molar-refractivity contribution in [3.63, 3.8) is 0 Å². The molecule has 0 aliphatic heterocycles. The second kappa shape index (κ2) is 28.1. The van der Waals surface area contributed by atoms with Gasteiger partial charge in [-0.1, -0.05) is 101 Å². The van der Waals surface area contributed by atoms with Crippen LogP contribution in [0.1, 0.15) is 106 Å². The molecule has 6 rings (SSSR count). The summed E-state index contributed by atoms with van der Waals surface area (Å²) in [5, 5.41) is 30.9. The number of rotatable bonds is 24. The van der Waals surface area contributed by atoms with Gasteiger partial charge in [-0.3, -0.25) is 23.4 Å². The smallest absolute Gasteiger partial charge is 0.239 e. The average molecular weight is 1150 g/mol. The van der Waals surface area contributed by atoms with Crippen LogP contribution in [0.25, 0.3) is 21.5 Å². The first kappa shape index (κ1) is 63.4. The van der Waals surface area contributed by atoms with Crippen LogP contribution in [0.4, 0.5) is 0 Å². The van der Waals surface area contributed by atoms with E-state index in [2.05, 4.69) is 33.9 Å². The van der Waals surface area contributed by atoms with Gasteiger partial charge in [-0.15, -0.1) is 0 Å². The van der Waals surface area contributed by atoms with Crippen LogP contribution in [-0.2, 0) is 59.9 Å². The predicted octanol–water partition coefficient (Wildman–Crippen LogP) is 5.97. The first-order valence-electron chi connectivity index (χ1n) is 26.6. The topological polar surface area (TPSA) is 276 Å². The lowest BCUT2D eigenvalue weighted by molar-refractivity contribution is -0.126. The number of aliphatic hydroxyl groups is 2. The van der Waals surface area contributed by atoms with Gasteiger partial charge >= 0.3 is 0 Å². The van der Waals surface area contributed by atoms with Crippen molar-refractivity contribution in [1.29, 1.82) is 0 Å². The van der Waals surface area contributed by atoms with E-state index in [1.807, 2.05) is 49.4 Å². The van der Waals surface area contributed by atoms with E-state index in [1.54, 1.807) is 51.1 Å². The van der Waals surface area contributed by atoms with Crippen LogP contribution in [0.15, 0.2) is 94.7 Å². The van der Waals surface area contributed by atoms with Gasteiger partial charge in [0, 0.05) is 16.7 Å². The Bertz CT molecular complexity index is 3060. The quantitative estimate of drug-likeness (QED) is 0.0473. The van der Waals surface area contributed by atoms with E-state index in [0.29, 0.717) is 47.8 Å². The Balaban J connectivity index is 0.000000284. The van der Waals surface area contributed by atoms with E-state index in [9.17, 15) is 58.9 Å². The van der Waals surface area contributed by atoms with Crippen molar-refractivity contribution in [2.75, 3.05) is 24.0 Å². The fourth-order valence-corrected chi connectivity index (χ4v) is 15.3. The molecule has 21 heteroatoms. The Labute approximate surface area is 458 Å². The molecular weight excluding hydrogens is 1060 g/mol.